The molecule has 0 radical (unpaired) electrons. The fraction of sp³-hybridized carbons (Fsp3) is 0.611. The molecule has 2 unspecified atom stereocenters. The number of hydrogen-bond donors (Lipinski definition) is 4. The molecule has 0 saturated heterocycles. The summed E-state index contributed by atoms with van der Waals surface area (Å²) in [6, 6.07) is 3.31. The van der Waals surface area contributed by atoms with E-state index in [1.807, 2.05) is 13.8 Å². The Morgan fingerprint density at radius 2 is 2.04 bits per heavy atom. The highest BCUT2D eigenvalue weighted by atomic mass is 16.5. The van der Waals surface area contributed by atoms with E-state index in [0.29, 0.717) is 24.8 Å². The zero-order valence-corrected chi connectivity index (χ0v) is 13.7. The van der Waals surface area contributed by atoms with E-state index >= 15 is 0 Å². The predicted molar refractivity (Wildman–Crippen MR) is 83.9 cm³/mol. The Kier molecular flexibility index (Phi) is 3.12. The smallest absolute Gasteiger partial charge is 0.205 e. The van der Waals surface area contributed by atoms with Crippen LogP contribution in [0.15, 0.2) is 12.1 Å². The number of aliphatic hydroxyl groups is 3. The summed E-state index contributed by atoms with van der Waals surface area (Å²) >= 11 is 0. The van der Waals surface area contributed by atoms with Crippen LogP contribution in [0.2, 0.25) is 0 Å². The van der Waals surface area contributed by atoms with Gasteiger partial charge < -0.3 is 25.2 Å². The minimum absolute atomic E-state index is 0.0905. The van der Waals surface area contributed by atoms with Crippen LogP contribution in [0.25, 0.3) is 0 Å². The van der Waals surface area contributed by atoms with Crippen LogP contribution in [0.5, 0.6) is 11.5 Å². The molecule has 3 aliphatic rings. The summed E-state index contributed by atoms with van der Waals surface area (Å²) in [6.07, 6.45) is -2.86. The van der Waals surface area contributed by atoms with Crippen LogP contribution >= 0.6 is 0 Å². The SMILES string of the molecule is CCC[C@]12c3c4ccc(O)c3O[C@H]1C(=O)C(O)C(O)[C@@]2(O)[C@H](C)C4. The first-order valence-electron chi connectivity index (χ1n) is 8.44. The van der Waals surface area contributed by atoms with E-state index in [1.54, 1.807) is 6.07 Å². The maximum atomic E-state index is 12.7. The van der Waals surface area contributed by atoms with E-state index in [0.717, 1.165) is 5.56 Å². The lowest BCUT2D eigenvalue weighted by molar-refractivity contribution is -0.230. The largest absolute Gasteiger partial charge is 0.504 e. The van der Waals surface area contributed by atoms with Gasteiger partial charge in [0.25, 0.3) is 0 Å². The van der Waals surface area contributed by atoms with Crippen LogP contribution in [0.1, 0.15) is 37.8 Å². The molecule has 1 aromatic carbocycles. The molecule has 0 aromatic heterocycles. The Labute approximate surface area is 139 Å². The van der Waals surface area contributed by atoms with Crippen LogP contribution in [-0.4, -0.2) is 50.1 Å². The van der Waals surface area contributed by atoms with Crippen molar-refractivity contribution >= 4 is 5.78 Å². The van der Waals surface area contributed by atoms with E-state index in [4.69, 9.17) is 4.74 Å². The number of carbonyl (C=O) groups is 1. The monoisotopic (exact) mass is 334 g/mol. The molecule has 6 atom stereocenters. The van der Waals surface area contributed by atoms with Crippen molar-refractivity contribution in [2.75, 3.05) is 0 Å². The topological polar surface area (TPSA) is 107 Å². The first kappa shape index (κ1) is 15.9. The third-order valence-electron chi connectivity index (χ3n) is 6.29. The summed E-state index contributed by atoms with van der Waals surface area (Å²) in [4.78, 5) is 12.7. The molecule has 1 aromatic rings. The number of phenolic OH excluding ortho intramolecular Hbond substituents is 1. The highest BCUT2D eigenvalue weighted by molar-refractivity contribution is 5.94. The molecule has 1 saturated carbocycles. The van der Waals surface area contributed by atoms with E-state index in [-0.39, 0.29) is 17.4 Å². The Morgan fingerprint density at radius 3 is 2.71 bits per heavy atom. The molecule has 4 rings (SSSR count). The summed E-state index contributed by atoms with van der Waals surface area (Å²) < 4.78 is 5.80. The van der Waals surface area contributed by atoms with Crippen molar-refractivity contribution in [2.45, 2.75) is 62.4 Å². The molecule has 6 heteroatoms. The lowest BCUT2D eigenvalue weighted by atomic mass is 9.48. The average Bonchev–Trinajstić information content (AvgIpc) is 2.91. The van der Waals surface area contributed by atoms with Crippen molar-refractivity contribution in [2.24, 2.45) is 5.92 Å². The molecule has 2 aliphatic carbocycles. The van der Waals surface area contributed by atoms with Crippen molar-refractivity contribution < 1.29 is 30.0 Å². The summed E-state index contributed by atoms with van der Waals surface area (Å²) in [7, 11) is 0. The van der Waals surface area contributed by atoms with Gasteiger partial charge in [-0.05, 0) is 30.4 Å². The molecular weight excluding hydrogens is 312 g/mol. The highest BCUT2D eigenvalue weighted by Crippen LogP contribution is 2.64. The third-order valence-corrected chi connectivity index (χ3v) is 6.29. The van der Waals surface area contributed by atoms with Gasteiger partial charge in [-0.25, -0.2) is 0 Å². The van der Waals surface area contributed by atoms with Gasteiger partial charge in [-0.1, -0.05) is 26.3 Å². The van der Waals surface area contributed by atoms with Crippen LogP contribution in [0, 0.1) is 5.92 Å². The molecule has 4 N–H and O–H groups in total. The van der Waals surface area contributed by atoms with Crippen molar-refractivity contribution in [3.05, 3.63) is 23.3 Å². The molecule has 1 aliphatic heterocycles. The number of aromatic hydroxyl groups is 1. The summed E-state index contributed by atoms with van der Waals surface area (Å²) in [5.74, 6) is -0.912. The predicted octanol–water partition coefficient (Wildman–Crippen LogP) is 0.419. The van der Waals surface area contributed by atoms with E-state index in [9.17, 15) is 25.2 Å². The highest BCUT2D eigenvalue weighted by Gasteiger charge is 2.74. The van der Waals surface area contributed by atoms with Crippen LogP contribution in [0.4, 0.5) is 0 Å². The first-order chi connectivity index (χ1) is 11.3. The van der Waals surface area contributed by atoms with E-state index in [2.05, 4.69) is 0 Å². The second-order valence-corrected chi connectivity index (χ2v) is 7.39. The second kappa shape index (κ2) is 4.71. The second-order valence-electron chi connectivity index (χ2n) is 7.39. The third kappa shape index (κ3) is 1.46. The van der Waals surface area contributed by atoms with Gasteiger partial charge in [0.15, 0.2) is 17.6 Å². The number of aliphatic hydroxyl groups excluding tert-OH is 2. The van der Waals surface area contributed by atoms with E-state index in [1.165, 1.54) is 6.07 Å². The molecular formula is C18H22O6. The molecule has 6 nitrogen and oxygen atoms in total. The van der Waals surface area contributed by atoms with Gasteiger partial charge in [-0.15, -0.1) is 0 Å². The molecule has 24 heavy (non-hydrogen) atoms. The summed E-state index contributed by atoms with van der Waals surface area (Å²) in [5.41, 5.74) is -1.33. The van der Waals surface area contributed by atoms with Crippen LogP contribution in [-0.2, 0) is 16.6 Å². The Balaban J connectivity index is 2.10. The average molecular weight is 334 g/mol. The van der Waals surface area contributed by atoms with Gasteiger partial charge in [0, 0.05) is 5.56 Å². The van der Waals surface area contributed by atoms with Crippen molar-refractivity contribution in [1.29, 1.82) is 0 Å². The van der Waals surface area contributed by atoms with Gasteiger partial charge >= 0.3 is 0 Å². The number of ketones is 1. The zero-order chi connectivity index (χ0) is 17.4. The Hall–Kier alpha value is -1.63. The van der Waals surface area contributed by atoms with Gasteiger partial charge in [0.05, 0.1) is 5.41 Å². The number of ether oxygens (including phenoxy) is 1. The van der Waals surface area contributed by atoms with Crippen LogP contribution < -0.4 is 4.74 Å². The molecule has 0 spiro atoms. The zero-order valence-electron chi connectivity index (χ0n) is 13.7. The standard InChI is InChI=1S/C18H22O6/c1-3-6-17-11-9-4-5-10(19)14(11)24-16(17)13(21)12(20)15(22)18(17,23)8(2)7-9/h4-5,8,12,15-16,19-20,22-23H,3,6-7H2,1-2H3/t8-,12?,15?,16+,17+,18+/m1/s1. The minimum Gasteiger partial charge on any atom is -0.504 e. The molecule has 130 valence electrons. The number of carbonyl (C=O) groups excluding carboxylic acids is 1. The quantitative estimate of drug-likeness (QED) is 0.624. The fourth-order valence-corrected chi connectivity index (χ4v) is 5.33. The van der Waals surface area contributed by atoms with Gasteiger partial charge in [0.2, 0.25) is 5.78 Å². The van der Waals surface area contributed by atoms with Gasteiger partial charge in [0.1, 0.15) is 17.8 Å². The maximum absolute atomic E-state index is 12.7. The van der Waals surface area contributed by atoms with Crippen molar-refractivity contribution in [1.82, 2.24) is 0 Å². The number of phenols is 1. The number of hydrogen-bond acceptors (Lipinski definition) is 6. The van der Waals surface area contributed by atoms with Crippen LogP contribution in [0.3, 0.4) is 0 Å². The summed E-state index contributed by atoms with van der Waals surface area (Å²) in [5, 5.41) is 42.7. The number of Topliss-reactive ketones (excluding diaryl/α,β-unsaturated/α-hetero) is 1. The lowest BCUT2D eigenvalue weighted by Crippen LogP contribution is -2.77. The van der Waals surface area contributed by atoms with Gasteiger partial charge in [-0.3, -0.25) is 4.79 Å². The van der Waals surface area contributed by atoms with E-state index < -0.39 is 35.1 Å². The number of benzene rings is 1. The molecule has 0 bridgehead atoms. The normalized spacial score (nSPS) is 42.6. The van der Waals surface area contributed by atoms with Gasteiger partial charge in [-0.2, -0.15) is 0 Å². The fourth-order valence-electron chi connectivity index (χ4n) is 5.33. The number of rotatable bonds is 2. The van der Waals surface area contributed by atoms with Crippen molar-refractivity contribution in [3.63, 3.8) is 0 Å². The lowest BCUT2D eigenvalue weighted by Gasteiger charge is -2.58. The summed E-state index contributed by atoms with van der Waals surface area (Å²) in [6.45, 7) is 3.74. The molecule has 0 amide bonds. The first-order valence-corrected chi connectivity index (χ1v) is 8.44. The Morgan fingerprint density at radius 1 is 1.33 bits per heavy atom. The maximum Gasteiger partial charge on any atom is 0.205 e. The molecule has 1 fully saturated rings. The Bertz CT molecular complexity index is 730. The molecule has 1 heterocycles. The minimum atomic E-state index is -1.70. The van der Waals surface area contributed by atoms with Crippen molar-refractivity contribution in [3.8, 4) is 11.5 Å².